The Kier molecular flexibility index (Phi) is 5.72. The number of pyridine rings is 1. The van der Waals surface area contributed by atoms with Crippen LogP contribution < -0.4 is 14.8 Å². The second-order valence-corrected chi connectivity index (χ2v) is 5.32. The van der Waals surface area contributed by atoms with Gasteiger partial charge in [-0.1, -0.05) is 0 Å². The molecule has 1 atom stereocenters. The molecular formula is C13H20N2O5. The Hall–Kier alpha value is -1.86. The summed E-state index contributed by atoms with van der Waals surface area (Å²) in [6, 6.07) is 1.39. The first-order chi connectivity index (χ1) is 9.26. The van der Waals surface area contributed by atoms with Crippen LogP contribution in [0.15, 0.2) is 18.5 Å². The zero-order valence-electron chi connectivity index (χ0n) is 11.8. The molecule has 0 radical (unpaired) electrons. The average Bonchev–Trinajstić information content (AvgIpc) is 2.32. The summed E-state index contributed by atoms with van der Waals surface area (Å²) in [5, 5.41) is 21.4. The van der Waals surface area contributed by atoms with E-state index >= 15 is 0 Å². The van der Waals surface area contributed by atoms with E-state index in [0.29, 0.717) is 12.3 Å². The van der Waals surface area contributed by atoms with Crippen LogP contribution in [0.3, 0.4) is 0 Å². The van der Waals surface area contributed by atoms with E-state index in [1.807, 2.05) is 20.8 Å². The van der Waals surface area contributed by atoms with Crippen molar-refractivity contribution in [2.45, 2.75) is 32.4 Å². The Morgan fingerprint density at radius 2 is 2.05 bits per heavy atom. The van der Waals surface area contributed by atoms with Gasteiger partial charge in [0.25, 0.3) is 0 Å². The van der Waals surface area contributed by atoms with E-state index in [4.69, 9.17) is 9.84 Å². The zero-order chi connectivity index (χ0) is 15.2. The number of nitrogens with zero attached hydrogens (tertiary/aromatic N) is 1. The molecule has 0 bridgehead atoms. The van der Waals surface area contributed by atoms with E-state index in [1.165, 1.54) is 18.5 Å². The van der Waals surface area contributed by atoms with Gasteiger partial charge in [-0.05, 0) is 20.8 Å². The topological polar surface area (TPSA) is 101 Å². The third kappa shape index (κ3) is 6.91. The number of rotatable bonds is 6. The van der Waals surface area contributed by atoms with Crippen LogP contribution in [0.2, 0.25) is 0 Å². The summed E-state index contributed by atoms with van der Waals surface area (Å²) in [6.07, 6.45) is 0.577. The molecule has 1 aromatic rings. The first-order valence-electron chi connectivity index (χ1n) is 6.18. The maximum atomic E-state index is 10.4. The SMILES string of the molecule is CC(C)(C)NCC(O)COc1cncc(OC(=O)O)c1. The molecule has 1 heterocycles. The highest BCUT2D eigenvalue weighted by molar-refractivity contribution is 5.61. The summed E-state index contributed by atoms with van der Waals surface area (Å²) in [5.74, 6) is 0.399. The minimum Gasteiger partial charge on any atom is -0.489 e. The van der Waals surface area contributed by atoms with Gasteiger partial charge in [0.15, 0.2) is 5.75 Å². The van der Waals surface area contributed by atoms with E-state index in [9.17, 15) is 9.90 Å². The molecule has 3 N–H and O–H groups in total. The molecule has 0 saturated carbocycles. The summed E-state index contributed by atoms with van der Waals surface area (Å²) >= 11 is 0. The molecule has 0 aliphatic carbocycles. The first kappa shape index (κ1) is 16.2. The number of ether oxygens (including phenoxy) is 2. The fourth-order valence-corrected chi connectivity index (χ4v) is 1.31. The maximum Gasteiger partial charge on any atom is 0.511 e. The number of hydrogen-bond donors (Lipinski definition) is 3. The minimum absolute atomic E-state index is 0.0670. The number of nitrogens with one attached hydrogen (secondary N) is 1. The van der Waals surface area contributed by atoms with Gasteiger partial charge in [0.05, 0.1) is 12.4 Å². The van der Waals surface area contributed by atoms with E-state index in [2.05, 4.69) is 15.0 Å². The summed E-state index contributed by atoms with van der Waals surface area (Å²) in [5.41, 5.74) is -0.0855. The van der Waals surface area contributed by atoms with Crippen LogP contribution in [0.5, 0.6) is 11.5 Å². The monoisotopic (exact) mass is 284 g/mol. The lowest BCUT2D eigenvalue weighted by atomic mass is 10.1. The lowest BCUT2D eigenvalue weighted by molar-refractivity contribution is 0.0995. The number of carboxylic acid groups (broad SMARTS) is 1. The zero-order valence-corrected chi connectivity index (χ0v) is 11.8. The second-order valence-electron chi connectivity index (χ2n) is 5.32. The van der Waals surface area contributed by atoms with Crippen LogP contribution in [-0.4, -0.2) is 46.1 Å². The lowest BCUT2D eigenvalue weighted by Crippen LogP contribution is -2.42. The van der Waals surface area contributed by atoms with Crippen LogP contribution in [-0.2, 0) is 0 Å². The van der Waals surface area contributed by atoms with Crippen molar-refractivity contribution in [3.05, 3.63) is 18.5 Å². The van der Waals surface area contributed by atoms with Gasteiger partial charge in [-0.15, -0.1) is 0 Å². The maximum absolute atomic E-state index is 10.4. The van der Waals surface area contributed by atoms with Crippen molar-refractivity contribution in [1.82, 2.24) is 10.3 Å². The summed E-state index contributed by atoms with van der Waals surface area (Å²) < 4.78 is 9.78. The van der Waals surface area contributed by atoms with Crippen LogP contribution >= 0.6 is 0 Å². The molecule has 0 saturated heterocycles. The number of aliphatic hydroxyl groups excluding tert-OH is 1. The Morgan fingerprint density at radius 3 is 2.65 bits per heavy atom. The van der Waals surface area contributed by atoms with Gasteiger partial charge in [0.2, 0.25) is 0 Å². The van der Waals surface area contributed by atoms with Crippen LogP contribution in [0.4, 0.5) is 4.79 Å². The first-order valence-corrected chi connectivity index (χ1v) is 6.18. The van der Waals surface area contributed by atoms with Crippen molar-refractivity contribution >= 4 is 6.16 Å². The van der Waals surface area contributed by atoms with Crippen molar-refractivity contribution < 1.29 is 24.5 Å². The summed E-state index contributed by atoms with van der Waals surface area (Å²) in [4.78, 5) is 14.2. The van der Waals surface area contributed by atoms with Crippen LogP contribution in [0, 0.1) is 0 Å². The van der Waals surface area contributed by atoms with Crippen molar-refractivity contribution in [2.24, 2.45) is 0 Å². The van der Waals surface area contributed by atoms with Crippen LogP contribution in [0.25, 0.3) is 0 Å². The van der Waals surface area contributed by atoms with E-state index in [-0.39, 0.29) is 17.9 Å². The van der Waals surface area contributed by atoms with Crippen molar-refractivity contribution in [2.75, 3.05) is 13.2 Å². The standard InChI is InChI=1S/C13H20N2O5/c1-13(2,3)15-5-9(16)8-19-10-4-11(7-14-6-10)20-12(17)18/h4,6-7,9,15-16H,5,8H2,1-3H3,(H,17,18). The molecule has 112 valence electrons. The Morgan fingerprint density at radius 1 is 1.40 bits per heavy atom. The second kappa shape index (κ2) is 7.06. The van der Waals surface area contributed by atoms with Crippen LogP contribution in [0.1, 0.15) is 20.8 Å². The highest BCUT2D eigenvalue weighted by atomic mass is 16.7. The number of carbonyl (C=O) groups is 1. The largest absolute Gasteiger partial charge is 0.511 e. The van der Waals surface area contributed by atoms with E-state index in [0.717, 1.165) is 0 Å². The molecule has 0 aromatic carbocycles. The molecule has 0 spiro atoms. The van der Waals surface area contributed by atoms with Crippen molar-refractivity contribution in [1.29, 1.82) is 0 Å². The molecule has 0 aliphatic heterocycles. The number of β-amino-alcohol motifs (C(OH)–C–C–N with tert-alkyl or cyclic N) is 1. The molecule has 7 nitrogen and oxygen atoms in total. The minimum atomic E-state index is -1.42. The number of aromatic nitrogens is 1. The highest BCUT2D eigenvalue weighted by Crippen LogP contribution is 2.17. The normalized spacial score (nSPS) is 12.8. The molecule has 20 heavy (non-hydrogen) atoms. The molecule has 1 aromatic heterocycles. The smallest absolute Gasteiger partial charge is 0.489 e. The van der Waals surface area contributed by atoms with Gasteiger partial charge < -0.3 is 25.0 Å². The molecular weight excluding hydrogens is 264 g/mol. The molecule has 1 unspecified atom stereocenters. The van der Waals surface area contributed by atoms with Gasteiger partial charge in [-0.2, -0.15) is 0 Å². The number of hydrogen-bond acceptors (Lipinski definition) is 6. The summed E-state index contributed by atoms with van der Waals surface area (Å²) in [6.45, 7) is 6.45. The Balaban J connectivity index is 2.43. The third-order valence-corrected chi connectivity index (χ3v) is 2.20. The third-order valence-electron chi connectivity index (χ3n) is 2.20. The number of aliphatic hydroxyl groups is 1. The van der Waals surface area contributed by atoms with Crippen molar-refractivity contribution in [3.8, 4) is 11.5 Å². The van der Waals surface area contributed by atoms with Gasteiger partial charge >= 0.3 is 6.16 Å². The highest BCUT2D eigenvalue weighted by Gasteiger charge is 2.13. The summed E-state index contributed by atoms with van der Waals surface area (Å²) in [7, 11) is 0. The van der Waals surface area contributed by atoms with Gasteiger partial charge in [0, 0.05) is 18.2 Å². The molecule has 7 heteroatoms. The predicted octanol–water partition coefficient (Wildman–Crippen LogP) is 1.27. The van der Waals surface area contributed by atoms with Gasteiger partial charge in [0.1, 0.15) is 18.5 Å². The average molecular weight is 284 g/mol. The fourth-order valence-electron chi connectivity index (χ4n) is 1.31. The molecule has 0 amide bonds. The molecule has 0 aliphatic rings. The van der Waals surface area contributed by atoms with Crippen molar-refractivity contribution in [3.63, 3.8) is 0 Å². The molecule has 0 fully saturated rings. The quantitative estimate of drug-likeness (QED) is 0.676. The lowest BCUT2D eigenvalue weighted by Gasteiger charge is -2.22. The predicted molar refractivity (Wildman–Crippen MR) is 72.1 cm³/mol. The van der Waals surface area contributed by atoms with E-state index in [1.54, 1.807) is 0 Å². The van der Waals surface area contributed by atoms with Gasteiger partial charge in [-0.3, -0.25) is 4.98 Å². The fraction of sp³-hybridized carbons (Fsp3) is 0.538. The van der Waals surface area contributed by atoms with Gasteiger partial charge in [-0.25, -0.2) is 4.79 Å². The Bertz CT molecular complexity index is 445. The van der Waals surface area contributed by atoms with E-state index < -0.39 is 12.3 Å². The molecule has 1 rings (SSSR count). The Labute approximate surface area is 117 Å².